The van der Waals surface area contributed by atoms with E-state index < -0.39 is 17.6 Å². The highest BCUT2D eigenvalue weighted by Crippen LogP contribution is 2.34. The first-order chi connectivity index (χ1) is 14.1. The number of alkyl halides is 3. The van der Waals surface area contributed by atoms with Gasteiger partial charge in [0, 0.05) is 0 Å². The van der Waals surface area contributed by atoms with E-state index in [0.29, 0.717) is 22.9 Å². The van der Waals surface area contributed by atoms with Crippen molar-refractivity contribution in [2.24, 2.45) is 0 Å². The van der Waals surface area contributed by atoms with Crippen LogP contribution >= 0.6 is 0 Å². The largest absolute Gasteiger partial charge is 0.495 e. The third-order valence-electron chi connectivity index (χ3n) is 4.46. The number of hydrogen-bond donors (Lipinski definition) is 3. The number of para-hydroxylation sites is 1. The molecule has 2 aromatic carbocycles. The molecule has 2 aromatic rings. The Morgan fingerprint density at radius 3 is 2.17 bits per heavy atom. The van der Waals surface area contributed by atoms with Gasteiger partial charge in [-0.25, -0.2) is 0 Å². The monoisotopic (exact) mass is 424 g/mol. The van der Waals surface area contributed by atoms with E-state index in [1.807, 2.05) is 13.0 Å². The predicted octanol–water partition coefficient (Wildman–Crippen LogP) is 2.50. The molecule has 162 valence electrons. The first-order valence-electron chi connectivity index (χ1n) is 9.38. The van der Waals surface area contributed by atoms with Crippen molar-refractivity contribution < 1.29 is 32.4 Å². The molecule has 0 aliphatic carbocycles. The van der Waals surface area contributed by atoms with Crippen LogP contribution in [0, 0.1) is 6.92 Å². The van der Waals surface area contributed by atoms with Crippen molar-refractivity contribution in [2.75, 3.05) is 37.4 Å². The predicted molar refractivity (Wildman–Crippen MR) is 108 cm³/mol. The molecule has 0 spiro atoms. The second-order valence-electron chi connectivity index (χ2n) is 6.80. The Labute approximate surface area is 173 Å². The van der Waals surface area contributed by atoms with Gasteiger partial charge in [0.2, 0.25) is 0 Å². The lowest BCUT2D eigenvalue weighted by molar-refractivity contribution is -0.881. The van der Waals surface area contributed by atoms with Crippen molar-refractivity contribution in [3.8, 4) is 5.75 Å². The molecule has 0 aromatic heterocycles. The lowest BCUT2D eigenvalue weighted by Gasteiger charge is -2.18. The summed E-state index contributed by atoms with van der Waals surface area (Å²) in [6.07, 6.45) is -4.58. The molecule has 0 aliphatic rings. The number of benzene rings is 2. The highest BCUT2D eigenvalue weighted by Gasteiger charge is 2.33. The lowest BCUT2D eigenvalue weighted by Crippen LogP contribution is -3.13. The first-order valence-corrected chi connectivity index (χ1v) is 9.38. The van der Waals surface area contributed by atoms with E-state index in [-0.39, 0.29) is 24.7 Å². The summed E-state index contributed by atoms with van der Waals surface area (Å²) in [5, 5.41) is 5.05. The fraction of sp³-hybridized carbons (Fsp3) is 0.333. The average molecular weight is 424 g/mol. The van der Waals surface area contributed by atoms with Crippen molar-refractivity contribution in [2.45, 2.75) is 20.0 Å². The highest BCUT2D eigenvalue weighted by molar-refractivity contribution is 5.94. The van der Waals surface area contributed by atoms with E-state index in [4.69, 9.17) is 4.74 Å². The van der Waals surface area contributed by atoms with E-state index in [9.17, 15) is 22.8 Å². The number of nitrogens with one attached hydrogen (secondary N) is 3. The molecule has 6 nitrogen and oxygen atoms in total. The Morgan fingerprint density at radius 2 is 1.60 bits per heavy atom. The normalized spacial score (nSPS) is 12.2. The van der Waals surface area contributed by atoms with E-state index in [2.05, 4.69) is 10.6 Å². The van der Waals surface area contributed by atoms with Gasteiger partial charge in [0.25, 0.3) is 11.8 Å². The zero-order valence-corrected chi connectivity index (χ0v) is 17.0. The molecule has 0 saturated heterocycles. The van der Waals surface area contributed by atoms with Crippen LogP contribution in [0.25, 0.3) is 0 Å². The molecule has 1 atom stereocenters. The number of ether oxygens (including phenoxy) is 1. The number of carbonyl (C=O) groups is 2. The van der Waals surface area contributed by atoms with Crippen LogP contribution in [0.15, 0.2) is 42.5 Å². The highest BCUT2D eigenvalue weighted by atomic mass is 19.4. The summed E-state index contributed by atoms with van der Waals surface area (Å²) >= 11 is 0. The van der Waals surface area contributed by atoms with Gasteiger partial charge in [-0.3, -0.25) is 9.59 Å². The van der Waals surface area contributed by atoms with E-state index in [1.165, 1.54) is 25.3 Å². The van der Waals surface area contributed by atoms with Gasteiger partial charge in [-0.1, -0.05) is 18.2 Å². The van der Waals surface area contributed by atoms with Crippen molar-refractivity contribution in [3.05, 3.63) is 53.6 Å². The number of amides is 2. The van der Waals surface area contributed by atoms with E-state index in [0.717, 1.165) is 11.6 Å². The smallest absolute Gasteiger partial charge is 0.418 e. The topological polar surface area (TPSA) is 71.9 Å². The maximum absolute atomic E-state index is 13.1. The molecule has 0 heterocycles. The third kappa shape index (κ3) is 6.48. The van der Waals surface area contributed by atoms with Crippen LogP contribution in [0.3, 0.4) is 0 Å². The number of carbonyl (C=O) groups excluding carboxylic acids is 2. The fourth-order valence-corrected chi connectivity index (χ4v) is 2.91. The number of aryl methyl sites for hydroxylation is 1. The van der Waals surface area contributed by atoms with Gasteiger partial charge in [-0.15, -0.1) is 0 Å². The Bertz CT molecular complexity index is 901. The van der Waals surface area contributed by atoms with Crippen molar-refractivity contribution >= 4 is 23.2 Å². The fourth-order valence-electron chi connectivity index (χ4n) is 2.91. The number of rotatable bonds is 8. The van der Waals surface area contributed by atoms with Crippen LogP contribution < -0.4 is 20.3 Å². The quantitative estimate of drug-likeness (QED) is 0.610. The van der Waals surface area contributed by atoms with Gasteiger partial charge in [0.1, 0.15) is 5.75 Å². The summed E-state index contributed by atoms with van der Waals surface area (Å²) in [5.41, 5.74) is 0.232. The second-order valence-corrected chi connectivity index (χ2v) is 6.80. The van der Waals surface area contributed by atoms with Crippen molar-refractivity contribution in [1.82, 2.24) is 0 Å². The number of quaternary nitrogens is 1. The molecular formula is C21H25F3N3O3+. The van der Waals surface area contributed by atoms with Crippen LogP contribution in [0.2, 0.25) is 0 Å². The van der Waals surface area contributed by atoms with Gasteiger partial charge < -0.3 is 20.3 Å². The van der Waals surface area contributed by atoms with Crippen LogP contribution in [0.5, 0.6) is 5.75 Å². The number of likely N-dealkylation sites (N-methyl/N-ethyl adjacent to an activating group) is 1. The molecule has 0 aliphatic heterocycles. The molecule has 0 fully saturated rings. The molecule has 0 bridgehead atoms. The molecule has 9 heteroatoms. The summed E-state index contributed by atoms with van der Waals surface area (Å²) in [4.78, 5) is 25.3. The zero-order chi connectivity index (χ0) is 22.3. The van der Waals surface area contributed by atoms with Gasteiger partial charge in [0.05, 0.1) is 30.6 Å². The molecule has 2 amide bonds. The summed E-state index contributed by atoms with van der Waals surface area (Å²) in [7, 11) is 1.49. The first kappa shape index (κ1) is 23.2. The van der Waals surface area contributed by atoms with Crippen LogP contribution in [-0.4, -0.2) is 38.6 Å². The van der Waals surface area contributed by atoms with Crippen LogP contribution in [0.4, 0.5) is 24.5 Å². The average Bonchev–Trinajstić information content (AvgIpc) is 2.67. The van der Waals surface area contributed by atoms with Crippen LogP contribution in [-0.2, 0) is 15.8 Å². The standard InChI is InChI=1S/C21H24F3N3O3/c1-4-27(13-20(29)26-17-11-14(2)9-10-18(17)30-3)12-19(28)25-16-8-6-5-7-15(16)21(22,23)24/h5-11H,4,12-13H2,1-3H3,(H,25,28)(H,26,29)/p+1. The van der Waals surface area contributed by atoms with Crippen LogP contribution in [0.1, 0.15) is 18.1 Å². The molecule has 0 saturated carbocycles. The minimum atomic E-state index is -4.58. The maximum atomic E-state index is 13.1. The number of halogens is 3. The zero-order valence-electron chi connectivity index (χ0n) is 17.0. The molecule has 30 heavy (non-hydrogen) atoms. The second kappa shape index (κ2) is 10.1. The minimum absolute atomic E-state index is 0.0259. The molecular weight excluding hydrogens is 399 g/mol. The maximum Gasteiger partial charge on any atom is 0.418 e. The van der Waals surface area contributed by atoms with Gasteiger partial charge in [-0.05, 0) is 43.7 Å². The van der Waals surface area contributed by atoms with Gasteiger partial charge >= 0.3 is 6.18 Å². The van der Waals surface area contributed by atoms with Crippen molar-refractivity contribution in [3.63, 3.8) is 0 Å². The Morgan fingerprint density at radius 1 is 1.00 bits per heavy atom. The molecule has 1 unspecified atom stereocenters. The van der Waals surface area contributed by atoms with Gasteiger partial charge in [-0.2, -0.15) is 13.2 Å². The number of methoxy groups -OCH3 is 1. The summed E-state index contributed by atoms with van der Waals surface area (Å²) in [6, 6.07) is 10.1. The SMILES string of the molecule is CC[NH+](CC(=O)Nc1cc(C)ccc1OC)CC(=O)Nc1ccccc1C(F)(F)F. The lowest BCUT2D eigenvalue weighted by atomic mass is 10.1. The molecule has 0 radical (unpaired) electrons. The Hall–Kier alpha value is -3.07. The van der Waals surface area contributed by atoms with Crippen molar-refractivity contribution in [1.29, 1.82) is 0 Å². The number of hydrogen-bond acceptors (Lipinski definition) is 3. The third-order valence-corrected chi connectivity index (χ3v) is 4.46. The Kier molecular flexibility index (Phi) is 7.82. The summed E-state index contributed by atoms with van der Waals surface area (Å²) in [6.45, 7) is 3.92. The molecule has 2 rings (SSSR count). The summed E-state index contributed by atoms with van der Waals surface area (Å²) < 4.78 is 44.5. The van der Waals surface area contributed by atoms with E-state index in [1.54, 1.807) is 19.1 Å². The van der Waals surface area contributed by atoms with E-state index >= 15 is 0 Å². The number of anilines is 2. The van der Waals surface area contributed by atoms with Gasteiger partial charge in [0.15, 0.2) is 13.1 Å². The summed E-state index contributed by atoms with van der Waals surface area (Å²) in [5.74, 6) is -0.433. The Balaban J connectivity index is 2.00. The molecule has 3 N–H and O–H groups in total. The minimum Gasteiger partial charge on any atom is -0.495 e.